The minimum atomic E-state index is 0.121. The lowest BCUT2D eigenvalue weighted by Gasteiger charge is -2.05. The largest absolute Gasteiger partial charge is 0.347 e. The maximum absolute atomic E-state index is 13.2. The Bertz CT molecular complexity index is 912. The van der Waals surface area contributed by atoms with E-state index in [9.17, 15) is 4.79 Å². The number of aryl methyl sites for hydroxylation is 1. The molecule has 2 nitrogen and oxygen atoms in total. The Hall–Kier alpha value is -1.62. The molecule has 0 saturated carbocycles. The van der Waals surface area contributed by atoms with Gasteiger partial charge in [-0.15, -0.1) is 0 Å². The first-order chi connectivity index (χ1) is 13.7. The molecule has 0 unspecified atom stereocenters. The van der Waals surface area contributed by atoms with Crippen LogP contribution in [0.25, 0.3) is 10.9 Å². The summed E-state index contributed by atoms with van der Waals surface area (Å²) < 4.78 is 3.28. The lowest BCUT2D eigenvalue weighted by molar-refractivity contribution is 0.103. The lowest BCUT2D eigenvalue weighted by Crippen LogP contribution is -2.03. The zero-order valence-electron chi connectivity index (χ0n) is 16.8. The van der Waals surface area contributed by atoms with Gasteiger partial charge in [-0.2, -0.15) is 0 Å². The first-order valence-electron chi connectivity index (χ1n) is 10.6. The number of hydrogen-bond acceptors (Lipinski definition) is 1. The molecule has 0 atom stereocenters. The number of rotatable bonds is 11. The van der Waals surface area contributed by atoms with Gasteiger partial charge in [0.15, 0.2) is 5.78 Å². The smallest absolute Gasteiger partial charge is 0.196 e. The van der Waals surface area contributed by atoms with Gasteiger partial charge in [-0.3, -0.25) is 4.79 Å². The molecule has 28 heavy (non-hydrogen) atoms. The average Bonchev–Trinajstić information content (AvgIpc) is 3.09. The number of nitrogens with zero attached hydrogens (tertiary/aromatic N) is 1. The van der Waals surface area contributed by atoms with Crippen LogP contribution in [0.15, 0.2) is 54.7 Å². The predicted molar refractivity (Wildman–Crippen MR) is 127 cm³/mol. The molecule has 0 aliphatic carbocycles. The fourth-order valence-corrected chi connectivity index (χ4v) is 4.45. The van der Waals surface area contributed by atoms with E-state index in [4.69, 9.17) is 0 Å². The first-order valence-corrected chi connectivity index (χ1v) is 11.7. The van der Waals surface area contributed by atoms with Crippen molar-refractivity contribution >= 4 is 39.3 Å². The van der Waals surface area contributed by atoms with E-state index in [1.54, 1.807) is 0 Å². The van der Waals surface area contributed by atoms with Crippen LogP contribution in [0.3, 0.4) is 0 Å². The van der Waals surface area contributed by atoms with E-state index >= 15 is 0 Å². The molecule has 2 aromatic carbocycles. The van der Waals surface area contributed by atoms with Crippen molar-refractivity contribution in [1.82, 2.24) is 4.57 Å². The Labute approximate surface area is 182 Å². The Morgan fingerprint density at radius 1 is 0.821 bits per heavy atom. The molecule has 0 saturated heterocycles. The molecule has 148 valence electrons. The standard InChI is InChI=1S/C25H30INO/c1-2-3-4-5-6-7-8-13-18-27-19-22(20-14-10-12-17-24(20)27)25(28)21-15-9-11-16-23(21)26/h9-12,14-17,19H,2-8,13,18H2,1H3. The molecule has 3 heteroatoms. The van der Waals surface area contributed by atoms with Crippen LogP contribution in [0, 0.1) is 3.57 Å². The van der Waals surface area contributed by atoms with Crippen LogP contribution in [0.1, 0.15) is 74.2 Å². The number of unbranched alkanes of at least 4 members (excludes halogenated alkanes) is 7. The third-order valence-corrected chi connectivity index (χ3v) is 6.34. The SMILES string of the molecule is CCCCCCCCCCn1cc(C(=O)c2ccccc2I)c2ccccc21. The monoisotopic (exact) mass is 487 g/mol. The predicted octanol–water partition coefficient (Wildman–Crippen LogP) is 7.62. The third kappa shape index (κ3) is 5.25. The topological polar surface area (TPSA) is 22.0 Å². The molecule has 0 aliphatic rings. The molecule has 1 heterocycles. The Kier molecular flexibility index (Phi) is 8.13. The summed E-state index contributed by atoms with van der Waals surface area (Å²) in [6.45, 7) is 3.24. The van der Waals surface area contributed by atoms with E-state index in [0.717, 1.165) is 26.6 Å². The zero-order chi connectivity index (χ0) is 19.8. The number of carbonyl (C=O) groups is 1. The van der Waals surface area contributed by atoms with Crippen molar-refractivity contribution in [2.75, 3.05) is 0 Å². The van der Waals surface area contributed by atoms with Gasteiger partial charge < -0.3 is 4.57 Å². The van der Waals surface area contributed by atoms with Gasteiger partial charge in [-0.25, -0.2) is 0 Å². The summed E-state index contributed by atoms with van der Waals surface area (Å²) in [5.74, 6) is 0.121. The number of fused-ring (bicyclic) bond motifs is 1. The summed E-state index contributed by atoms with van der Waals surface area (Å²) in [7, 11) is 0. The first kappa shape index (κ1) is 21.1. The van der Waals surface area contributed by atoms with Crippen LogP contribution in [-0.2, 0) is 6.54 Å². The van der Waals surface area contributed by atoms with Gasteiger partial charge in [0.1, 0.15) is 0 Å². The third-order valence-electron chi connectivity index (χ3n) is 5.40. The van der Waals surface area contributed by atoms with E-state index in [-0.39, 0.29) is 5.78 Å². The van der Waals surface area contributed by atoms with Gasteiger partial charge in [0.2, 0.25) is 0 Å². The molecule has 0 spiro atoms. The van der Waals surface area contributed by atoms with Crippen molar-refractivity contribution in [2.45, 2.75) is 64.8 Å². The summed E-state index contributed by atoms with van der Waals surface area (Å²) in [4.78, 5) is 13.2. The summed E-state index contributed by atoms with van der Waals surface area (Å²) in [5, 5.41) is 1.06. The van der Waals surface area contributed by atoms with Crippen LogP contribution < -0.4 is 0 Å². The molecular weight excluding hydrogens is 457 g/mol. The maximum atomic E-state index is 13.2. The highest BCUT2D eigenvalue weighted by Gasteiger charge is 2.18. The van der Waals surface area contributed by atoms with Crippen LogP contribution in [0.4, 0.5) is 0 Å². The number of carbonyl (C=O) groups excluding carboxylic acids is 1. The Balaban J connectivity index is 1.68. The highest BCUT2D eigenvalue weighted by Crippen LogP contribution is 2.26. The minimum absolute atomic E-state index is 0.121. The summed E-state index contributed by atoms with van der Waals surface area (Å²) in [6.07, 6.45) is 12.6. The molecule has 1 aromatic heterocycles. The molecular formula is C25H30INO. The van der Waals surface area contributed by atoms with E-state index in [1.165, 1.54) is 56.9 Å². The number of ketones is 1. The van der Waals surface area contributed by atoms with Gasteiger partial charge in [0, 0.05) is 38.3 Å². The molecule has 0 radical (unpaired) electrons. The van der Waals surface area contributed by atoms with Gasteiger partial charge in [-0.1, -0.05) is 82.2 Å². The maximum Gasteiger partial charge on any atom is 0.196 e. The highest BCUT2D eigenvalue weighted by atomic mass is 127. The minimum Gasteiger partial charge on any atom is -0.347 e. The molecule has 3 aromatic rings. The number of aromatic nitrogens is 1. The van der Waals surface area contributed by atoms with Crippen LogP contribution in [0.2, 0.25) is 0 Å². The van der Waals surface area contributed by atoms with Crippen molar-refractivity contribution in [3.05, 3.63) is 69.4 Å². The number of benzene rings is 2. The van der Waals surface area contributed by atoms with E-state index in [1.807, 2.05) is 30.3 Å². The van der Waals surface area contributed by atoms with E-state index in [0.29, 0.717) is 0 Å². The highest BCUT2D eigenvalue weighted by molar-refractivity contribution is 14.1. The second-order valence-corrected chi connectivity index (χ2v) is 8.70. The molecule has 0 bridgehead atoms. The molecule has 0 amide bonds. The second kappa shape index (κ2) is 10.8. The average molecular weight is 487 g/mol. The Morgan fingerprint density at radius 2 is 1.46 bits per heavy atom. The Morgan fingerprint density at radius 3 is 2.21 bits per heavy atom. The van der Waals surface area contributed by atoms with E-state index in [2.05, 4.69) is 58.5 Å². The number of para-hydroxylation sites is 1. The van der Waals surface area contributed by atoms with Gasteiger partial charge >= 0.3 is 0 Å². The van der Waals surface area contributed by atoms with Gasteiger partial charge in [0.25, 0.3) is 0 Å². The fourth-order valence-electron chi connectivity index (χ4n) is 3.82. The fraction of sp³-hybridized carbons (Fsp3) is 0.400. The van der Waals surface area contributed by atoms with Crippen LogP contribution >= 0.6 is 22.6 Å². The van der Waals surface area contributed by atoms with E-state index < -0.39 is 0 Å². The van der Waals surface area contributed by atoms with Crippen molar-refractivity contribution in [2.24, 2.45) is 0 Å². The zero-order valence-corrected chi connectivity index (χ0v) is 19.0. The molecule has 0 aliphatic heterocycles. The molecule has 0 fully saturated rings. The summed E-state index contributed by atoms with van der Waals surface area (Å²) in [5.41, 5.74) is 2.78. The van der Waals surface area contributed by atoms with Crippen molar-refractivity contribution in [3.8, 4) is 0 Å². The van der Waals surface area contributed by atoms with Crippen LogP contribution in [-0.4, -0.2) is 10.4 Å². The molecule has 3 rings (SSSR count). The number of hydrogen-bond donors (Lipinski definition) is 0. The number of halogens is 1. The van der Waals surface area contributed by atoms with Gasteiger partial charge in [0.05, 0.1) is 0 Å². The summed E-state index contributed by atoms with van der Waals surface area (Å²) in [6, 6.07) is 16.1. The normalized spacial score (nSPS) is 11.2. The van der Waals surface area contributed by atoms with Crippen molar-refractivity contribution in [1.29, 1.82) is 0 Å². The van der Waals surface area contributed by atoms with Crippen LogP contribution in [0.5, 0.6) is 0 Å². The van der Waals surface area contributed by atoms with Crippen molar-refractivity contribution in [3.63, 3.8) is 0 Å². The quantitative estimate of drug-likeness (QED) is 0.155. The van der Waals surface area contributed by atoms with Gasteiger partial charge in [-0.05, 0) is 47.2 Å². The second-order valence-electron chi connectivity index (χ2n) is 7.54. The summed E-state index contributed by atoms with van der Waals surface area (Å²) >= 11 is 2.25. The molecule has 0 N–H and O–H groups in total. The van der Waals surface area contributed by atoms with Crippen molar-refractivity contribution < 1.29 is 4.79 Å². The lowest BCUT2D eigenvalue weighted by atomic mass is 10.0.